The van der Waals surface area contributed by atoms with E-state index in [1.807, 2.05) is 71.3 Å². The molecule has 0 fully saturated rings. The lowest BCUT2D eigenvalue weighted by atomic mass is 10.1. The second-order valence-electron chi connectivity index (χ2n) is 6.38. The summed E-state index contributed by atoms with van der Waals surface area (Å²) < 4.78 is 14.9. The molecular weight excluding hydrogens is 294 g/mol. The number of aromatic nitrogens is 2. The Labute approximate surface area is 135 Å². The zero-order valence-electron chi connectivity index (χ0n) is 13.8. The highest BCUT2D eigenvalue weighted by Crippen LogP contribution is 2.20. The molecule has 22 heavy (non-hydrogen) atoms. The average Bonchev–Trinajstić information content (AvgIpc) is 2.47. The summed E-state index contributed by atoms with van der Waals surface area (Å²) in [6.07, 6.45) is 3.68. The highest BCUT2D eigenvalue weighted by atomic mass is 32.2. The van der Waals surface area contributed by atoms with Crippen LogP contribution in [0.25, 0.3) is 11.1 Å². The van der Waals surface area contributed by atoms with Gasteiger partial charge in [-0.1, -0.05) is 12.1 Å². The lowest BCUT2D eigenvalue weighted by Gasteiger charge is -2.21. The van der Waals surface area contributed by atoms with Crippen molar-refractivity contribution in [3.05, 3.63) is 48.0 Å². The van der Waals surface area contributed by atoms with Crippen molar-refractivity contribution in [2.24, 2.45) is 0 Å². The van der Waals surface area contributed by atoms with E-state index in [1.54, 1.807) is 0 Å². The molecule has 0 aliphatic rings. The third kappa shape index (κ3) is 4.21. The number of pyridine rings is 2. The van der Waals surface area contributed by atoms with Crippen molar-refractivity contribution in [2.75, 3.05) is 0 Å². The number of rotatable bonds is 4. The molecule has 2 aromatic heterocycles. The summed E-state index contributed by atoms with van der Waals surface area (Å²) in [5.41, 5.74) is 3.95. The first-order valence-corrected chi connectivity index (χ1v) is 8.49. The molecule has 4 nitrogen and oxygen atoms in total. The van der Waals surface area contributed by atoms with Crippen molar-refractivity contribution in [3.63, 3.8) is 0 Å². The maximum absolute atomic E-state index is 12.1. The fourth-order valence-corrected chi connectivity index (χ4v) is 2.66. The molecule has 0 spiro atoms. The molecular formula is C17H23N3OS. The summed E-state index contributed by atoms with van der Waals surface area (Å²) in [4.78, 5) is 8.79. The Morgan fingerprint density at radius 1 is 1.05 bits per heavy atom. The predicted octanol–water partition coefficient (Wildman–Crippen LogP) is 3.56. The van der Waals surface area contributed by atoms with Crippen LogP contribution in [0.15, 0.2) is 36.7 Å². The molecule has 0 bridgehead atoms. The first-order chi connectivity index (χ1) is 10.3. The van der Waals surface area contributed by atoms with Gasteiger partial charge in [0.2, 0.25) is 0 Å². The smallest absolute Gasteiger partial charge is 0.0976 e. The Hall–Kier alpha value is -1.59. The van der Waals surface area contributed by atoms with Gasteiger partial charge in [-0.3, -0.25) is 9.97 Å². The van der Waals surface area contributed by atoms with Crippen LogP contribution in [0, 0.1) is 6.92 Å². The number of nitrogens with zero attached hydrogens (tertiary/aromatic N) is 2. The van der Waals surface area contributed by atoms with E-state index in [1.165, 1.54) is 0 Å². The Balaban J connectivity index is 2.11. The van der Waals surface area contributed by atoms with Crippen molar-refractivity contribution in [2.45, 2.75) is 45.4 Å². The van der Waals surface area contributed by atoms with Crippen LogP contribution in [0.3, 0.4) is 0 Å². The molecule has 2 heterocycles. The minimum atomic E-state index is -1.11. The molecule has 0 amide bonds. The van der Waals surface area contributed by atoms with E-state index in [9.17, 15) is 4.21 Å². The third-order valence-electron chi connectivity index (χ3n) is 3.31. The lowest BCUT2D eigenvalue weighted by Crippen LogP contribution is -2.35. The highest BCUT2D eigenvalue weighted by molar-refractivity contribution is 7.84. The van der Waals surface area contributed by atoms with Gasteiger partial charge in [0.15, 0.2) is 0 Å². The molecule has 0 saturated carbocycles. The Morgan fingerprint density at radius 2 is 1.64 bits per heavy atom. The van der Waals surface area contributed by atoms with Gasteiger partial charge in [-0.05, 0) is 46.8 Å². The van der Waals surface area contributed by atoms with Gasteiger partial charge in [0.05, 0.1) is 27.5 Å². The van der Waals surface area contributed by atoms with E-state index < -0.39 is 11.0 Å². The molecule has 2 rings (SSSR count). The van der Waals surface area contributed by atoms with Crippen LogP contribution in [-0.2, 0) is 11.0 Å². The lowest BCUT2D eigenvalue weighted by molar-refractivity contribution is 0.611. The van der Waals surface area contributed by atoms with Crippen molar-refractivity contribution in [1.29, 1.82) is 0 Å². The molecule has 2 aromatic rings. The Kier molecular flexibility index (Phi) is 5.08. The number of aryl methyl sites for hydroxylation is 1. The minimum Gasteiger partial charge on any atom is -0.261 e. The molecule has 0 aromatic carbocycles. The normalized spacial score (nSPS) is 14.6. The number of nitrogens with one attached hydrogen (secondary N) is 1. The van der Waals surface area contributed by atoms with Gasteiger partial charge in [-0.2, -0.15) is 0 Å². The molecule has 0 aliphatic carbocycles. The summed E-state index contributed by atoms with van der Waals surface area (Å²) in [5, 5.41) is 0. The second-order valence-corrected chi connectivity index (χ2v) is 8.38. The standard InChI is InChI=1S/C17H23N3OS/c1-12-6-7-14(10-18-12)15-8-9-16(19-11-15)13(2)20-22(21)17(3,4)5/h6-11,13,20H,1-5H3/t13-,22?/m1/s1. The predicted molar refractivity (Wildman–Crippen MR) is 91.7 cm³/mol. The number of hydrogen-bond acceptors (Lipinski definition) is 3. The molecule has 1 N–H and O–H groups in total. The van der Waals surface area contributed by atoms with E-state index in [4.69, 9.17) is 0 Å². The van der Waals surface area contributed by atoms with Crippen LogP contribution in [0.5, 0.6) is 0 Å². The van der Waals surface area contributed by atoms with Gasteiger partial charge in [0.25, 0.3) is 0 Å². The summed E-state index contributed by atoms with van der Waals surface area (Å²) >= 11 is 0. The SMILES string of the molecule is Cc1ccc(-c2ccc([C@@H](C)NS(=O)C(C)(C)C)nc2)cn1. The van der Waals surface area contributed by atoms with E-state index in [-0.39, 0.29) is 10.8 Å². The molecule has 1 unspecified atom stereocenters. The van der Waals surface area contributed by atoms with Crippen molar-refractivity contribution in [1.82, 2.24) is 14.7 Å². The molecule has 118 valence electrons. The van der Waals surface area contributed by atoms with Crippen molar-refractivity contribution in [3.8, 4) is 11.1 Å². The van der Waals surface area contributed by atoms with Crippen LogP contribution < -0.4 is 4.72 Å². The largest absolute Gasteiger partial charge is 0.261 e. The first-order valence-electron chi connectivity index (χ1n) is 7.34. The van der Waals surface area contributed by atoms with E-state index in [0.29, 0.717) is 0 Å². The monoisotopic (exact) mass is 317 g/mol. The highest BCUT2D eigenvalue weighted by Gasteiger charge is 2.22. The van der Waals surface area contributed by atoms with Crippen LogP contribution >= 0.6 is 0 Å². The fourth-order valence-electron chi connectivity index (χ4n) is 1.87. The second kappa shape index (κ2) is 6.67. The summed E-state index contributed by atoms with van der Waals surface area (Å²) in [7, 11) is -1.11. The van der Waals surface area contributed by atoms with E-state index in [2.05, 4.69) is 14.7 Å². The van der Waals surface area contributed by atoms with E-state index in [0.717, 1.165) is 22.5 Å². The zero-order valence-corrected chi connectivity index (χ0v) is 14.6. The van der Waals surface area contributed by atoms with Gasteiger partial charge in [-0.15, -0.1) is 0 Å². The summed E-state index contributed by atoms with van der Waals surface area (Å²) in [5.74, 6) is 0. The maximum Gasteiger partial charge on any atom is 0.0976 e. The molecule has 2 atom stereocenters. The van der Waals surface area contributed by atoms with Gasteiger partial charge < -0.3 is 0 Å². The zero-order chi connectivity index (χ0) is 16.3. The Morgan fingerprint density at radius 3 is 2.09 bits per heavy atom. The quantitative estimate of drug-likeness (QED) is 0.938. The first kappa shape index (κ1) is 16.8. The number of hydrogen-bond donors (Lipinski definition) is 1. The van der Waals surface area contributed by atoms with E-state index >= 15 is 0 Å². The molecule has 0 radical (unpaired) electrons. The van der Waals surface area contributed by atoms with Crippen molar-refractivity contribution >= 4 is 11.0 Å². The summed E-state index contributed by atoms with van der Waals surface area (Å²) in [6, 6.07) is 7.94. The third-order valence-corrected chi connectivity index (χ3v) is 4.99. The topological polar surface area (TPSA) is 54.9 Å². The van der Waals surface area contributed by atoms with Gasteiger partial charge >= 0.3 is 0 Å². The van der Waals surface area contributed by atoms with Gasteiger partial charge in [0, 0.05) is 29.2 Å². The van der Waals surface area contributed by atoms with Crippen LogP contribution in [0.1, 0.15) is 45.1 Å². The minimum absolute atomic E-state index is 0.0646. The molecule has 0 aliphatic heterocycles. The summed E-state index contributed by atoms with van der Waals surface area (Å²) in [6.45, 7) is 9.78. The van der Waals surface area contributed by atoms with Gasteiger partial charge in [-0.25, -0.2) is 8.93 Å². The van der Waals surface area contributed by atoms with Crippen LogP contribution in [0.2, 0.25) is 0 Å². The van der Waals surface area contributed by atoms with Gasteiger partial charge in [0.1, 0.15) is 0 Å². The maximum atomic E-state index is 12.1. The molecule has 5 heteroatoms. The van der Waals surface area contributed by atoms with Crippen LogP contribution in [0.4, 0.5) is 0 Å². The Bertz CT molecular complexity index is 645. The van der Waals surface area contributed by atoms with Crippen LogP contribution in [-0.4, -0.2) is 18.9 Å². The molecule has 0 saturated heterocycles. The van der Waals surface area contributed by atoms with Crippen molar-refractivity contribution < 1.29 is 4.21 Å². The fraction of sp³-hybridized carbons (Fsp3) is 0.412. The average molecular weight is 317 g/mol.